The molecule has 1 aliphatic heterocycles. The summed E-state index contributed by atoms with van der Waals surface area (Å²) in [5, 5.41) is 0. The fourth-order valence-corrected chi connectivity index (χ4v) is 2.82. The summed E-state index contributed by atoms with van der Waals surface area (Å²) in [6, 6.07) is 6.19. The van der Waals surface area contributed by atoms with Crippen molar-refractivity contribution >= 4 is 11.8 Å². The molecular weight excluding hydrogens is 295 g/mol. The highest BCUT2D eigenvalue weighted by atomic mass is 19.1. The van der Waals surface area contributed by atoms with Gasteiger partial charge in [0.2, 0.25) is 5.91 Å². The second kappa shape index (κ2) is 7.77. The van der Waals surface area contributed by atoms with Gasteiger partial charge in [-0.3, -0.25) is 9.59 Å². The van der Waals surface area contributed by atoms with Crippen molar-refractivity contribution in [3.05, 3.63) is 35.6 Å². The molecule has 4 nitrogen and oxygen atoms in total. The first-order valence-corrected chi connectivity index (χ1v) is 7.74. The molecule has 1 heterocycles. The molecular formula is C18H21FN2O2. The van der Waals surface area contributed by atoms with Crippen LogP contribution in [0.3, 0.4) is 0 Å². The van der Waals surface area contributed by atoms with E-state index in [1.54, 1.807) is 35.8 Å². The number of piperidine rings is 1. The molecule has 2 amide bonds. The van der Waals surface area contributed by atoms with E-state index in [2.05, 4.69) is 11.8 Å². The topological polar surface area (TPSA) is 40.6 Å². The third kappa shape index (κ3) is 4.56. The van der Waals surface area contributed by atoms with E-state index in [0.29, 0.717) is 19.6 Å². The number of amides is 2. The summed E-state index contributed by atoms with van der Waals surface area (Å²) in [6.07, 6.45) is 1.47. The van der Waals surface area contributed by atoms with Crippen LogP contribution in [-0.2, 0) is 16.1 Å². The highest BCUT2D eigenvalue weighted by Gasteiger charge is 2.28. The molecule has 122 valence electrons. The SMILES string of the molecule is CC#CC(=O)N(Cc1ccc(F)cc1)C1CCN(C(C)=O)CC1. The summed E-state index contributed by atoms with van der Waals surface area (Å²) in [7, 11) is 0. The first kappa shape index (κ1) is 17.0. The minimum atomic E-state index is -0.297. The zero-order valence-electron chi connectivity index (χ0n) is 13.5. The Labute approximate surface area is 136 Å². The molecule has 0 bridgehead atoms. The smallest absolute Gasteiger partial charge is 0.299 e. The molecule has 1 aromatic rings. The summed E-state index contributed by atoms with van der Waals surface area (Å²) in [4.78, 5) is 27.3. The van der Waals surface area contributed by atoms with E-state index in [1.165, 1.54) is 12.1 Å². The van der Waals surface area contributed by atoms with Crippen LogP contribution in [0.1, 0.15) is 32.3 Å². The van der Waals surface area contributed by atoms with Crippen molar-refractivity contribution in [2.75, 3.05) is 13.1 Å². The predicted octanol–water partition coefficient (Wildman–Crippen LogP) is 2.19. The van der Waals surface area contributed by atoms with Crippen LogP contribution in [0.5, 0.6) is 0 Å². The van der Waals surface area contributed by atoms with Gasteiger partial charge < -0.3 is 9.80 Å². The monoisotopic (exact) mass is 316 g/mol. The molecule has 0 atom stereocenters. The first-order chi connectivity index (χ1) is 11.0. The lowest BCUT2D eigenvalue weighted by Gasteiger charge is -2.37. The average molecular weight is 316 g/mol. The van der Waals surface area contributed by atoms with E-state index < -0.39 is 0 Å². The fraction of sp³-hybridized carbons (Fsp3) is 0.444. The molecule has 1 fully saturated rings. The number of benzene rings is 1. The number of nitrogens with zero attached hydrogens (tertiary/aromatic N) is 2. The van der Waals surface area contributed by atoms with Crippen LogP contribution in [0.2, 0.25) is 0 Å². The highest BCUT2D eigenvalue weighted by molar-refractivity contribution is 5.93. The van der Waals surface area contributed by atoms with Crippen LogP contribution < -0.4 is 0 Å². The molecule has 0 spiro atoms. The molecule has 23 heavy (non-hydrogen) atoms. The minimum Gasteiger partial charge on any atom is -0.343 e. The van der Waals surface area contributed by atoms with Gasteiger partial charge in [0, 0.05) is 32.6 Å². The Balaban J connectivity index is 2.11. The van der Waals surface area contributed by atoms with E-state index in [9.17, 15) is 14.0 Å². The van der Waals surface area contributed by atoms with Crippen molar-refractivity contribution in [2.24, 2.45) is 0 Å². The lowest BCUT2D eigenvalue weighted by Crippen LogP contribution is -2.47. The molecule has 5 heteroatoms. The van der Waals surface area contributed by atoms with Crippen molar-refractivity contribution in [3.8, 4) is 11.8 Å². The van der Waals surface area contributed by atoms with Crippen LogP contribution in [0.25, 0.3) is 0 Å². The first-order valence-electron chi connectivity index (χ1n) is 7.74. The zero-order valence-corrected chi connectivity index (χ0v) is 13.5. The van der Waals surface area contributed by atoms with Crippen LogP contribution in [0.4, 0.5) is 4.39 Å². The van der Waals surface area contributed by atoms with Crippen molar-refractivity contribution in [1.29, 1.82) is 0 Å². The van der Waals surface area contributed by atoms with Gasteiger partial charge >= 0.3 is 0 Å². The summed E-state index contributed by atoms with van der Waals surface area (Å²) in [6.45, 7) is 4.88. The number of halogens is 1. The van der Waals surface area contributed by atoms with Crippen LogP contribution >= 0.6 is 0 Å². The molecule has 1 aliphatic rings. The maximum Gasteiger partial charge on any atom is 0.299 e. The van der Waals surface area contributed by atoms with E-state index in [-0.39, 0.29) is 23.7 Å². The van der Waals surface area contributed by atoms with E-state index in [0.717, 1.165) is 18.4 Å². The van der Waals surface area contributed by atoms with Gasteiger partial charge in [0.25, 0.3) is 5.91 Å². The van der Waals surface area contributed by atoms with Gasteiger partial charge in [-0.25, -0.2) is 4.39 Å². The summed E-state index contributed by atoms with van der Waals surface area (Å²) >= 11 is 0. The van der Waals surface area contributed by atoms with Crippen molar-refractivity contribution in [1.82, 2.24) is 9.80 Å². The van der Waals surface area contributed by atoms with Crippen LogP contribution in [-0.4, -0.2) is 40.7 Å². The number of hydrogen-bond donors (Lipinski definition) is 0. The van der Waals surface area contributed by atoms with Crippen molar-refractivity contribution < 1.29 is 14.0 Å². The Morgan fingerprint density at radius 3 is 2.39 bits per heavy atom. The van der Waals surface area contributed by atoms with Crippen molar-refractivity contribution in [2.45, 2.75) is 39.3 Å². The number of carbonyl (C=O) groups is 2. The lowest BCUT2D eigenvalue weighted by molar-refractivity contribution is -0.132. The third-order valence-electron chi connectivity index (χ3n) is 4.11. The molecule has 0 unspecified atom stereocenters. The van der Waals surface area contributed by atoms with Crippen LogP contribution in [0, 0.1) is 17.7 Å². The highest BCUT2D eigenvalue weighted by Crippen LogP contribution is 2.19. The van der Waals surface area contributed by atoms with Gasteiger partial charge in [-0.1, -0.05) is 18.1 Å². The average Bonchev–Trinajstić information content (AvgIpc) is 2.54. The lowest BCUT2D eigenvalue weighted by atomic mass is 10.0. The number of carbonyl (C=O) groups excluding carboxylic acids is 2. The molecule has 0 aliphatic carbocycles. The Kier molecular flexibility index (Phi) is 5.75. The van der Waals surface area contributed by atoms with Crippen molar-refractivity contribution in [3.63, 3.8) is 0 Å². The Bertz CT molecular complexity index is 623. The second-order valence-corrected chi connectivity index (χ2v) is 5.67. The van der Waals surface area contributed by atoms with Gasteiger partial charge in [-0.15, -0.1) is 0 Å². The van der Waals surface area contributed by atoms with Gasteiger partial charge in [-0.05, 0) is 43.4 Å². The van der Waals surface area contributed by atoms with E-state index in [1.807, 2.05) is 0 Å². The minimum absolute atomic E-state index is 0.0454. The molecule has 2 rings (SSSR count). The summed E-state index contributed by atoms with van der Waals surface area (Å²) < 4.78 is 13.0. The third-order valence-corrected chi connectivity index (χ3v) is 4.11. The van der Waals surface area contributed by atoms with E-state index >= 15 is 0 Å². The van der Waals surface area contributed by atoms with Gasteiger partial charge in [0.1, 0.15) is 5.82 Å². The summed E-state index contributed by atoms with van der Waals surface area (Å²) in [5.41, 5.74) is 0.867. The maximum absolute atomic E-state index is 13.0. The fourth-order valence-electron chi connectivity index (χ4n) is 2.82. The molecule has 0 aromatic heterocycles. The summed E-state index contributed by atoms with van der Waals surface area (Å²) in [5.74, 6) is 4.78. The van der Waals surface area contributed by atoms with Crippen LogP contribution in [0.15, 0.2) is 24.3 Å². The van der Waals surface area contributed by atoms with Gasteiger partial charge in [0.05, 0.1) is 0 Å². The maximum atomic E-state index is 13.0. The molecule has 0 N–H and O–H groups in total. The Hall–Kier alpha value is -2.35. The van der Waals surface area contributed by atoms with Gasteiger partial charge in [-0.2, -0.15) is 0 Å². The van der Waals surface area contributed by atoms with Gasteiger partial charge in [0.15, 0.2) is 0 Å². The predicted molar refractivity (Wildman–Crippen MR) is 85.7 cm³/mol. The molecule has 0 saturated carbocycles. The largest absolute Gasteiger partial charge is 0.343 e. The molecule has 0 radical (unpaired) electrons. The quantitative estimate of drug-likeness (QED) is 0.802. The molecule has 1 saturated heterocycles. The number of rotatable bonds is 3. The number of hydrogen-bond acceptors (Lipinski definition) is 2. The molecule has 1 aromatic carbocycles. The number of likely N-dealkylation sites (tertiary alicyclic amines) is 1. The van der Waals surface area contributed by atoms with E-state index in [4.69, 9.17) is 0 Å². The Morgan fingerprint density at radius 1 is 1.26 bits per heavy atom. The second-order valence-electron chi connectivity index (χ2n) is 5.67. The zero-order chi connectivity index (χ0) is 16.8. The Morgan fingerprint density at radius 2 is 1.87 bits per heavy atom. The standard InChI is InChI=1S/C18H21FN2O2/c1-3-4-18(23)21(13-15-5-7-16(19)8-6-15)17-9-11-20(12-10-17)14(2)22/h5-8,17H,9-13H2,1-2H3. The normalized spacial score (nSPS) is 14.8.